The number of aryl methyl sites for hydroxylation is 1. The number of nitrogens with two attached hydrogens (primary N) is 1. The van der Waals surface area contributed by atoms with Crippen molar-refractivity contribution < 1.29 is 13.2 Å². The van der Waals surface area contributed by atoms with E-state index in [1.807, 2.05) is 17.8 Å². The second-order valence-corrected chi connectivity index (χ2v) is 6.25. The Labute approximate surface area is 123 Å². The van der Waals surface area contributed by atoms with Crippen molar-refractivity contribution in [1.82, 2.24) is 14.3 Å². The van der Waals surface area contributed by atoms with Crippen molar-refractivity contribution in [3.63, 3.8) is 0 Å². The predicted molar refractivity (Wildman–Crippen MR) is 79.5 cm³/mol. The summed E-state index contributed by atoms with van der Waals surface area (Å²) in [5, 5.41) is 0. The Kier molecular flexibility index (Phi) is 4.49. The molecule has 0 aliphatic carbocycles. The fourth-order valence-electron chi connectivity index (χ4n) is 1.92. The molecule has 0 aliphatic heterocycles. The number of sulfonamides is 1. The minimum atomic E-state index is -3.68. The molecule has 1 heterocycles. The molecule has 0 atom stereocenters. The number of hydrogen-bond donors (Lipinski definition) is 2. The van der Waals surface area contributed by atoms with Crippen LogP contribution in [0.3, 0.4) is 0 Å². The third kappa shape index (κ3) is 3.53. The van der Waals surface area contributed by atoms with Gasteiger partial charge in [0.1, 0.15) is 16.5 Å². The van der Waals surface area contributed by atoms with E-state index >= 15 is 0 Å². The molecule has 2 rings (SSSR count). The first-order valence-corrected chi connectivity index (χ1v) is 7.82. The summed E-state index contributed by atoms with van der Waals surface area (Å²) in [5.74, 6) is 1.06. The third-order valence-corrected chi connectivity index (χ3v) is 4.52. The zero-order chi connectivity index (χ0) is 15.5. The van der Waals surface area contributed by atoms with Gasteiger partial charge in [-0.05, 0) is 18.2 Å². The summed E-state index contributed by atoms with van der Waals surface area (Å²) in [6.07, 6.45) is 3.98. The SMILES string of the molecule is COc1ccc(N)cc1S(=O)(=O)NCCc1nccn1C. The van der Waals surface area contributed by atoms with Crippen LogP contribution in [0.25, 0.3) is 0 Å². The highest BCUT2D eigenvalue weighted by Gasteiger charge is 2.19. The van der Waals surface area contributed by atoms with E-state index < -0.39 is 10.0 Å². The molecule has 0 saturated heterocycles. The number of benzene rings is 1. The van der Waals surface area contributed by atoms with Crippen molar-refractivity contribution in [2.45, 2.75) is 11.3 Å². The van der Waals surface area contributed by atoms with Gasteiger partial charge in [-0.3, -0.25) is 0 Å². The second-order valence-electron chi connectivity index (χ2n) is 4.51. The van der Waals surface area contributed by atoms with Crippen molar-refractivity contribution in [1.29, 1.82) is 0 Å². The van der Waals surface area contributed by atoms with E-state index in [0.29, 0.717) is 12.1 Å². The number of aromatic nitrogens is 2. The van der Waals surface area contributed by atoms with Gasteiger partial charge in [-0.2, -0.15) is 0 Å². The van der Waals surface area contributed by atoms with E-state index in [-0.39, 0.29) is 17.2 Å². The molecule has 2 aromatic rings. The number of nitrogens with zero attached hydrogens (tertiary/aromatic N) is 2. The van der Waals surface area contributed by atoms with E-state index in [1.54, 1.807) is 12.3 Å². The van der Waals surface area contributed by atoms with E-state index in [2.05, 4.69) is 9.71 Å². The summed E-state index contributed by atoms with van der Waals surface area (Å²) >= 11 is 0. The first-order valence-electron chi connectivity index (χ1n) is 6.33. The quantitative estimate of drug-likeness (QED) is 0.758. The van der Waals surface area contributed by atoms with Gasteiger partial charge < -0.3 is 15.0 Å². The maximum absolute atomic E-state index is 12.3. The molecule has 0 amide bonds. The van der Waals surface area contributed by atoms with Crippen LogP contribution in [-0.2, 0) is 23.5 Å². The molecule has 0 unspecified atom stereocenters. The van der Waals surface area contributed by atoms with Gasteiger partial charge in [0.25, 0.3) is 0 Å². The first kappa shape index (κ1) is 15.3. The maximum atomic E-state index is 12.3. The zero-order valence-corrected chi connectivity index (χ0v) is 12.7. The van der Waals surface area contributed by atoms with Crippen molar-refractivity contribution in [2.24, 2.45) is 7.05 Å². The van der Waals surface area contributed by atoms with Crippen LogP contribution >= 0.6 is 0 Å². The number of anilines is 1. The molecule has 3 N–H and O–H groups in total. The number of rotatable bonds is 6. The van der Waals surface area contributed by atoms with Crippen LogP contribution in [0, 0.1) is 0 Å². The molecule has 0 fully saturated rings. The van der Waals surface area contributed by atoms with E-state index in [9.17, 15) is 8.42 Å². The molecule has 1 aromatic carbocycles. The number of hydrogen-bond acceptors (Lipinski definition) is 5. The van der Waals surface area contributed by atoms with Gasteiger partial charge in [0.05, 0.1) is 7.11 Å². The van der Waals surface area contributed by atoms with Crippen molar-refractivity contribution in [3.8, 4) is 5.75 Å². The van der Waals surface area contributed by atoms with Crippen LogP contribution in [0.15, 0.2) is 35.5 Å². The number of methoxy groups -OCH3 is 1. The van der Waals surface area contributed by atoms with Gasteiger partial charge in [-0.25, -0.2) is 18.1 Å². The average Bonchev–Trinajstić information content (AvgIpc) is 2.84. The van der Waals surface area contributed by atoms with Crippen LogP contribution in [0.1, 0.15) is 5.82 Å². The summed E-state index contributed by atoms with van der Waals surface area (Å²) in [5.41, 5.74) is 6.00. The predicted octanol–water partition coefficient (Wildman–Crippen LogP) is 0.532. The molecule has 0 spiro atoms. The molecule has 21 heavy (non-hydrogen) atoms. The fourth-order valence-corrected chi connectivity index (χ4v) is 3.15. The Morgan fingerprint density at radius 1 is 1.43 bits per heavy atom. The van der Waals surface area contributed by atoms with Crippen molar-refractivity contribution >= 4 is 15.7 Å². The molecular weight excluding hydrogens is 292 g/mol. The van der Waals surface area contributed by atoms with Crippen LogP contribution in [0.2, 0.25) is 0 Å². The maximum Gasteiger partial charge on any atom is 0.244 e. The first-order chi connectivity index (χ1) is 9.94. The molecule has 7 nitrogen and oxygen atoms in total. The Balaban J connectivity index is 2.12. The number of ether oxygens (including phenoxy) is 1. The van der Waals surface area contributed by atoms with Gasteiger partial charge >= 0.3 is 0 Å². The van der Waals surface area contributed by atoms with Gasteiger partial charge in [0, 0.05) is 38.1 Å². The molecule has 8 heteroatoms. The van der Waals surface area contributed by atoms with E-state index in [0.717, 1.165) is 5.82 Å². The molecule has 1 aromatic heterocycles. The Hall–Kier alpha value is -2.06. The number of nitrogen functional groups attached to an aromatic ring is 1. The third-order valence-electron chi connectivity index (χ3n) is 3.04. The summed E-state index contributed by atoms with van der Waals surface area (Å²) in [6, 6.07) is 4.50. The Morgan fingerprint density at radius 2 is 2.19 bits per heavy atom. The lowest BCUT2D eigenvalue weighted by Crippen LogP contribution is -2.27. The van der Waals surface area contributed by atoms with Gasteiger partial charge in [-0.15, -0.1) is 0 Å². The lowest BCUT2D eigenvalue weighted by Gasteiger charge is -2.11. The summed E-state index contributed by atoms with van der Waals surface area (Å²) < 4.78 is 34.0. The average molecular weight is 310 g/mol. The molecular formula is C13H18N4O3S. The Bertz CT molecular complexity index is 725. The van der Waals surface area contributed by atoms with Crippen LogP contribution in [0.4, 0.5) is 5.69 Å². The summed E-state index contributed by atoms with van der Waals surface area (Å²) in [7, 11) is -0.410. The fraction of sp³-hybridized carbons (Fsp3) is 0.308. The second kappa shape index (κ2) is 6.15. The topological polar surface area (TPSA) is 99.2 Å². The van der Waals surface area contributed by atoms with Crippen LogP contribution < -0.4 is 15.2 Å². The normalized spacial score (nSPS) is 11.5. The molecule has 0 bridgehead atoms. The Morgan fingerprint density at radius 3 is 2.81 bits per heavy atom. The molecule has 0 aliphatic rings. The summed E-state index contributed by atoms with van der Waals surface area (Å²) in [4.78, 5) is 4.17. The molecule has 0 radical (unpaired) electrons. The number of imidazole rings is 1. The zero-order valence-electron chi connectivity index (χ0n) is 11.9. The van der Waals surface area contributed by atoms with Gasteiger partial charge in [0.15, 0.2) is 0 Å². The van der Waals surface area contributed by atoms with E-state index in [1.165, 1.54) is 19.2 Å². The highest BCUT2D eigenvalue weighted by molar-refractivity contribution is 7.89. The standard InChI is InChI=1S/C13H18N4O3S/c1-17-8-7-15-13(17)5-6-16-21(18,19)12-9-10(14)3-4-11(12)20-2/h3-4,7-9,16H,5-6,14H2,1-2H3. The molecule has 0 saturated carbocycles. The van der Waals surface area contributed by atoms with Crippen molar-refractivity contribution in [3.05, 3.63) is 36.4 Å². The smallest absolute Gasteiger partial charge is 0.244 e. The van der Waals surface area contributed by atoms with Crippen LogP contribution in [0.5, 0.6) is 5.75 Å². The summed E-state index contributed by atoms with van der Waals surface area (Å²) in [6.45, 7) is 0.241. The van der Waals surface area contributed by atoms with Gasteiger partial charge in [0.2, 0.25) is 10.0 Å². The lowest BCUT2D eigenvalue weighted by atomic mass is 10.3. The highest BCUT2D eigenvalue weighted by atomic mass is 32.2. The van der Waals surface area contributed by atoms with E-state index in [4.69, 9.17) is 10.5 Å². The molecule has 114 valence electrons. The minimum Gasteiger partial charge on any atom is -0.495 e. The monoisotopic (exact) mass is 310 g/mol. The minimum absolute atomic E-state index is 0.0323. The lowest BCUT2D eigenvalue weighted by molar-refractivity contribution is 0.402. The highest BCUT2D eigenvalue weighted by Crippen LogP contribution is 2.25. The number of nitrogens with one attached hydrogen (secondary N) is 1. The van der Waals surface area contributed by atoms with Gasteiger partial charge in [-0.1, -0.05) is 0 Å². The van der Waals surface area contributed by atoms with Crippen LogP contribution in [-0.4, -0.2) is 31.6 Å². The largest absolute Gasteiger partial charge is 0.495 e. The van der Waals surface area contributed by atoms with Crippen molar-refractivity contribution in [2.75, 3.05) is 19.4 Å².